The Kier molecular flexibility index (Phi) is 7.78. The predicted molar refractivity (Wildman–Crippen MR) is 120 cm³/mol. The lowest BCUT2D eigenvalue weighted by atomic mass is 9.94. The van der Waals surface area contributed by atoms with Gasteiger partial charge in [0.25, 0.3) is 0 Å². The number of fused-ring (bicyclic) bond motifs is 1. The van der Waals surface area contributed by atoms with Crippen molar-refractivity contribution in [1.29, 1.82) is 0 Å². The molecule has 4 rings (SSSR count). The molecule has 2 fully saturated rings. The average molecular weight is 481 g/mol. The number of methoxy groups -OCH3 is 2. The second-order valence-electron chi connectivity index (χ2n) is 9.16. The van der Waals surface area contributed by atoms with Crippen LogP contribution in [0.25, 0.3) is 0 Å². The Morgan fingerprint density at radius 2 is 1.53 bits per heavy atom. The number of aliphatic hydroxyl groups is 1. The molecule has 2 saturated heterocycles. The van der Waals surface area contributed by atoms with Crippen molar-refractivity contribution in [3.05, 3.63) is 48.0 Å². The Bertz CT molecular complexity index is 835. The molecule has 10 unspecified atom stereocenters. The zero-order valence-electron chi connectivity index (χ0n) is 20.6. The summed E-state index contributed by atoms with van der Waals surface area (Å²) in [6.45, 7) is 7.53. The highest BCUT2D eigenvalue weighted by atomic mass is 16.8. The number of ether oxygens (including phenoxy) is 8. The summed E-state index contributed by atoms with van der Waals surface area (Å²) in [5.41, 5.74) is 1.000. The lowest BCUT2D eigenvalue weighted by Gasteiger charge is -2.57. The van der Waals surface area contributed by atoms with Crippen LogP contribution >= 0.6 is 0 Å². The summed E-state index contributed by atoms with van der Waals surface area (Å²) in [7, 11) is 3.08. The molecule has 9 heteroatoms. The van der Waals surface area contributed by atoms with E-state index in [1.165, 1.54) is 0 Å². The lowest BCUT2D eigenvalue weighted by molar-refractivity contribution is -0.482. The standard InChI is InChI=1S/C25H36O9/c1-15-18(26)12-13-19(30-15)32-22-21-20(33-24(3,27-5)25(4,28-6)34-21)16(2)31-23(22)29-14-17-10-8-7-9-11-17/h7-13,15-16,18-23,26H,14H2,1-6H3. The van der Waals surface area contributed by atoms with Gasteiger partial charge in [0.2, 0.25) is 11.6 Å². The molecule has 0 amide bonds. The van der Waals surface area contributed by atoms with E-state index in [0.29, 0.717) is 6.61 Å². The Hall–Kier alpha value is -1.40. The maximum absolute atomic E-state index is 9.98. The predicted octanol–water partition coefficient (Wildman–Crippen LogP) is 2.50. The highest BCUT2D eigenvalue weighted by Crippen LogP contribution is 2.44. The van der Waals surface area contributed by atoms with Crippen LogP contribution in [0, 0.1) is 0 Å². The molecule has 1 aromatic rings. The van der Waals surface area contributed by atoms with Gasteiger partial charge in [0, 0.05) is 14.2 Å². The highest BCUT2D eigenvalue weighted by molar-refractivity contribution is 5.13. The molecule has 0 bridgehead atoms. The minimum absolute atomic E-state index is 0.324. The number of hydrogen-bond acceptors (Lipinski definition) is 9. The molecule has 0 saturated carbocycles. The fourth-order valence-electron chi connectivity index (χ4n) is 4.43. The largest absolute Gasteiger partial charge is 0.386 e. The van der Waals surface area contributed by atoms with Gasteiger partial charge in [-0.2, -0.15) is 0 Å². The molecule has 3 aliphatic rings. The van der Waals surface area contributed by atoms with Crippen LogP contribution in [-0.4, -0.2) is 80.1 Å². The van der Waals surface area contributed by atoms with Gasteiger partial charge in [0.15, 0.2) is 12.6 Å². The van der Waals surface area contributed by atoms with Gasteiger partial charge < -0.3 is 43.0 Å². The van der Waals surface area contributed by atoms with Crippen LogP contribution in [-0.2, 0) is 44.5 Å². The maximum atomic E-state index is 9.98. The molecule has 10 atom stereocenters. The normalized spacial score (nSPS) is 44.6. The van der Waals surface area contributed by atoms with Gasteiger partial charge in [0.1, 0.15) is 18.3 Å². The molecule has 3 heterocycles. The first kappa shape index (κ1) is 25.7. The zero-order valence-corrected chi connectivity index (χ0v) is 20.6. The molecule has 190 valence electrons. The number of hydrogen-bond donors (Lipinski definition) is 1. The van der Waals surface area contributed by atoms with E-state index in [4.69, 9.17) is 37.9 Å². The Morgan fingerprint density at radius 1 is 0.882 bits per heavy atom. The van der Waals surface area contributed by atoms with Crippen LogP contribution in [0.1, 0.15) is 33.3 Å². The van der Waals surface area contributed by atoms with Gasteiger partial charge in [-0.3, -0.25) is 0 Å². The van der Waals surface area contributed by atoms with Gasteiger partial charge in [-0.25, -0.2) is 0 Å². The molecule has 9 nitrogen and oxygen atoms in total. The zero-order chi connectivity index (χ0) is 24.5. The average Bonchev–Trinajstić information content (AvgIpc) is 2.84. The molecular formula is C25H36O9. The van der Waals surface area contributed by atoms with Gasteiger partial charge >= 0.3 is 0 Å². The summed E-state index contributed by atoms with van der Waals surface area (Å²) in [5.74, 6) is -2.40. The molecule has 3 aliphatic heterocycles. The molecule has 1 N–H and O–H groups in total. The van der Waals surface area contributed by atoms with Gasteiger partial charge in [-0.05, 0) is 39.3 Å². The molecule has 1 aromatic carbocycles. The van der Waals surface area contributed by atoms with E-state index in [1.807, 2.05) is 37.3 Å². The minimum Gasteiger partial charge on any atom is -0.386 e. The molecule has 34 heavy (non-hydrogen) atoms. The summed E-state index contributed by atoms with van der Waals surface area (Å²) in [6, 6.07) is 9.82. The first-order valence-electron chi connectivity index (χ1n) is 11.6. The van der Waals surface area contributed by atoms with Crippen LogP contribution in [0.4, 0.5) is 0 Å². The van der Waals surface area contributed by atoms with E-state index >= 15 is 0 Å². The molecule has 0 radical (unpaired) electrons. The van der Waals surface area contributed by atoms with Crippen LogP contribution in [0.15, 0.2) is 42.5 Å². The van der Waals surface area contributed by atoms with Crippen molar-refractivity contribution < 1.29 is 43.0 Å². The van der Waals surface area contributed by atoms with Crippen molar-refractivity contribution in [1.82, 2.24) is 0 Å². The van der Waals surface area contributed by atoms with Crippen LogP contribution < -0.4 is 0 Å². The summed E-state index contributed by atoms with van der Waals surface area (Å²) in [4.78, 5) is 0. The third kappa shape index (κ3) is 4.95. The third-order valence-electron chi connectivity index (χ3n) is 6.90. The third-order valence-corrected chi connectivity index (χ3v) is 6.90. The summed E-state index contributed by atoms with van der Waals surface area (Å²) in [6.07, 6.45) is -1.54. The van der Waals surface area contributed by atoms with E-state index in [-0.39, 0.29) is 6.10 Å². The SMILES string of the molecule is COC1(C)OC2C(C)OC(OCc3ccccc3)C(OC3C=CC(O)C(C)O3)C2OC1(C)OC. The number of benzene rings is 1. The summed E-state index contributed by atoms with van der Waals surface area (Å²) < 4.78 is 48.9. The number of aliphatic hydroxyl groups excluding tert-OH is 1. The fourth-order valence-corrected chi connectivity index (χ4v) is 4.43. The van der Waals surface area contributed by atoms with Crippen molar-refractivity contribution in [3.63, 3.8) is 0 Å². The van der Waals surface area contributed by atoms with Gasteiger partial charge in [0.05, 0.1) is 24.9 Å². The van der Waals surface area contributed by atoms with Crippen molar-refractivity contribution >= 4 is 0 Å². The van der Waals surface area contributed by atoms with E-state index in [9.17, 15) is 5.11 Å². The van der Waals surface area contributed by atoms with E-state index < -0.39 is 54.7 Å². The lowest BCUT2D eigenvalue weighted by Crippen LogP contribution is -2.72. The Morgan fingerprint density at radius 3 is 2.15 bits per heavy atom. The summed E-state index contributed by atoms with van der Waals surface area (Å²) in [5, 5.41) is 9.98. The smallest absolute Gasteiger partial charge is 0.220 e. The van der Waals surface area contributed by atoms with Crippen molar-refractivity contribution in [2.45, 2.75) is 95.1 Å². The molecule has 0 aromatic heterocycles. The van der Waals surface area contributed by atoms with Crippen molar-refractivity contribution in [2.75, 3.05) is 14.2 Å². The monoisotopic (exact) mass is 480 g/mol. The van der Waals surface area contributed by atoms with Crippen LogP contribution in [0.2, 0.25) is 0 Å². The second kappa shape index (κ2) is 10.3. The van der Waals surface area contributed by atoms with E-state index in [2.05, 4.69) is 0 Å². The van der Waals surface area contributed by atoms with Crippen LogP contribution in [0.3, 0.4) is 0 Å². The highest BCUT2D eigenvalue weighted by Gasteiger charge is 2.62. The number of rotatable bonds is 7. The Balaban J connectivity index is 1.61. The van der Waals surface area contributed by atoms with Gasteiger partial charge in [-0.15, -0.1) is 0 Å². The molecule has 0 aliphatic carbocycles. The van der Waals surface area contributed by atoms with Crippen molar-refractivity contribution in [3.8, 4) is 0 Å². The first-order valence-corrected chi connectivity index (χ1v) is 11.6. The molecule has 0 spiro atoms. The second-order valence-corrected chi connectivity index (χ2v) is 9.16. The van der Waals surface area contributed by atoms with E-state index in [1.54, 1.807) is 47.1 Å². The van der Waals surface area contributed by atoms with Crippen molar-refractivity contribution in [2.24, 2.45) is 0 Å². The van der Waals surface area contributed by atoms with E-state index in [0.717, 1.165) is 5.56 Å². The molecular weight excluding hydrogens is 444 g/mol. The van der Waals surface area contributed by atoms with Crippen LogP contribution in [0.5, 0.6) is 0 Å². The quantitative estimate of drug-likeness (QED) is 0.591. The van der Waals surface area contributed by atoms with Gasteiger partial charge in [-0.1, -0.05) is 36.4 Å². The Labute approximate surface area is 200 Å². The first-order chi connectivity index (χ1) is 16.2. The summed E-state index contributed by atoms with van der Waals surface area (Å²) >= 11 is 0. The topological polar surface area (TPSA) is 94.1 Å². The minimum atomic E-state index is -1.22. The maximum Gasteiger partial charge on any atom is 0.220 e. The fraction of sp³-hybridized carbons (Fsp3) is 0.680.